The number of aromatic nitrogens is 1. The van der Waals surface area contributed by atoms with E-state index < -0.39 is 5.97 Å². The molecule has 0 saturated heterocycles. The number of aromatic carboxylic acids is 1. The first-order chi connectivity index (χ1) is 9.54. The molecule has 2 rings (SSSR count). The Hall–Kier alpha value is -2.41. The first kappa shape index (κ1) is 14.0. The number of hydrogen-bond acceptors (Lipinski definition) is 5. The molecule has 0 aliphatic heterocycles. The average molecular weight is 292 g/mol. The molecular formula is C13H12N2O4S. The van der Waals surface area contributed by atoms with Crippen LogP contribution in [0.4, 0.5) is 5.13 Å². The number of carbonyl (C=O) groups is 2. The van der Waals surface area contributed by atoms with E-state index in [4.69, 9.17) is 9.84 Å². The van der Waals surface area contributed by atoms with E-state index in [1.807, 2.05) is 0 Å². The number of carboxylic acid groups (broad SMARTS) is 1. The summed E-state index contributed by atoms with van der Waals surface area (Å²) in [6.07, 6.45) is 0. The normalized spacial score (nSPS) is 10.1. The second-order valence-corrected chi connectivity index (χ2v) is 4.80. The van der Waals surface area contributed by atoms with Crippen molar-refractivity contribution in [1.29, 1.82) is 0 Å². The van der Waals surface area contributed by atoms with Gasteiger partial charge in [0.05, 0.1) is 11.3 Å². The lowest BCUT2D eigenvalue weighted by Crippen LogP contribution is -2.05. The van der Waals surface area contributed by atoms with Crippen molar-refractivity contribution in [3.63, 3.8) is 0 Å². The Morgan fingerprint density at radius 2 is 2.25 bits per heavy atom. The van der Waals surface area contributed by atoms with Crippen LogP contribution >= 0.6 is 11.3 Å². The molecular weight excluding hydrogens is 280 g/mol. The van der Waals surface area contributed by atoms with Gasteiger partial charge in [0.2, 0.25) is 5.91 Å². The predicted molar refractivity (Wildman–Crippen MR) is 74.2 cm³/mol. The minimum atomic E-state index is -1.00. The molecule has 6 nitrogen and oxygen atoms in total. The number of carbonyl (C=O) groups excluding carboxylic acids is 1. The maximum absolute atomic E-state index is 10.9. The van der Waals surface area contributed by atoms with E-state index in [-0.39, 0.29) is 18.1 Å². The summed E-state index contributed by atoms with van der Waals surface area (Å²) in [5.41, 5.74) is 0.833. The van der Waals surface area contributed by atoms with E-state index in [2.05, 4.69) is 10.3 Å². The maximum Gasteiger partial charge on any atom is 0.335 e. The lowest BCUT2D eigenvalue weighted by molar-refractivity contribution is -0.114. The number of rotatable bonds is 5. The molecule has 1 amide bonds. The summed E-state index contributed by atoms with van der Waals surface area (Å²) in [5.74, 6) is -0.725. The number of hydrogen-bond donors (Lipinski definition) is 2. The molecule has 0 fully saturated rings. The molecule has 20 heavy (non-hydrogen) atoms. The summed E-state index contributed by atoms with van der Waals surface area (Å²) in [5, 5.41) is 13.7. The van der Waals surface area contributed by atoms with Crippen LogP contribution in [0.15, 0.2) is 29.6 Å². The van der Waals surface area contributed by atoms with Gasteiger partial charge >= 0.3 is 5.97 Å². The van der Waals surface area contributed by atoms with Crippen molar-refractivity contribution in [1.82, 2.24) is 4.98 Å². The minimum Gasteiger partial charge on any atom is -0.487 e. The lowest BCUT2D eigenvalue weighted by atomic mass is 10.2. The van der Waals surface area contributed by atoms with Gasteiger partial charge in [-0.25, -0.2) is 9.78 Å². The molecule has 1 aromatic carbocycles. The van der Waals surface area contributed by atoms with Gasteiger partial charge in [0.15, 0.2) is 5.13 Å². The third-order valence-corrected chi connectivity index (χ3v) is 3.11. The summed E-state index contributed by atoms with van der Waals surface area (Å²) in [6.45, 7) is 1.62. The van der Waals surface area contributed by atoms with Gasteiger partial charge in [-0.1, -0.05) is 6.07 Å². The van der Waals surface area contributed by atoms with E-state index >= 15 is 0 Å². The summed E-state index contributed by atoms with van der Waals surface area (Å²) in [4.78, 5) is 25.9. The predicted octanol–water partition coefficient (Wildman–Crippen LogP) is 2.38. The minimum absolute atomic E-state index is 0.166. The van der Waals surface area contributed by atoms with Crippen molar-refractivity contribution in [3.8, 4) is 5.75 Å². The van der Waals surface area contributed by atoms with Gasteiger partial charge in [-0.3, -0.25) is 4.79 Å². The summed E-state index contributed by atoms with van der Waals surface area (Å²) in [7, 11) is 0. The first-order valence-electron chi connectivity index (χ1n) is 5.73. The highest BCUT2D eigenvalue weighted by Gasteiger charge is 2.06. The van der Waals surface area contributed by atoms with Gasteiger partial charge in [-0.05, 0) is 18.2 Å². The Labute approximate surface area is 119 Å². The standard InChI is InChI=1S/C13H12N2O4S/c1-8(16)14-13-15-10(7-20-13)6-19-11-4-2-3-9(5-11)12(17)18/h2-5,7H,6H2,1H3,(H,17,18)(H,14,15,16). The molecule has 0 aliphatic rings. The number of thiazole rings is 1. The van der Waals surface area contributed by atoms with Crippen LogP contribution in [0.5, 0.6) is 5.75 Å². The van der Waals surface area contributed by atoms with E-state index in [0.717, 1.165) is 0 Å². The van der Waals surface area contributed by atoms with Crippen LogP contribution < -0.4 is 10.1 Å². The van der Waals surface area contributed by atoms with Crippen LogP contribution in [-0.2, 0) is 11.4 Å². The van der Waals surface area contributed by atoms with Crippen molar-refractivity contribution in [3.05, 3.63) is 40.9 Å². The molecule has 2 N–H and O–H groups in total. The molecule has 0 aliphatic carbocycles. The Morgan fingerprint density at radius 1 is 1.45 bits per heavy atom. The monoisotopic (exact) mass is 292 g/mol. The van der Waals surface area contributed by atoms with Crippen molar-refractivity contribution in [2.24, 2.45) is 0 Å². The summed E-state index contributed by atoms with van der Waals surface area (Å²) < 4.78 is 5.47. The molecule has 2 aromatic rings. The number of anilines is 1. The molecule has 7 heteroatoms. The fraction of sp³-hybridized carbons (Fsp3) is 0.154. The Bertz CT molecular complexity index is 639. The third kappa shape index (κ3) is 3.79. The second kappa shape index (κ2) is 6.16. The molecule has 1 heterocycles. The number of nitrogens with one attached hydrogen (secondary N) is 1. The quantitative estimate of drug-likeness (QED) is 0.883. The highest BCUT2D eigenvalue weighted by Crippen LogP contribution is 2.18. The van der Waals surface area contributed by atoms with Crippen LogP contribution in [0.1, 0.15) is 23.0 Å². The Balaban J connectivity index is 1.98. The largest absolute Gasteiger partial charge is 0.487 e. The van der Waals surface area contributed by atoms with Crippen LogP contribution in [0.3, 0.4) is 0 Å². The highest BCUT2D eigenvalue weighted by atomic mass is 32.1. The van der Waals surface area contributed by atoms with Crippen molar-refractivity contribution >= 4 is 28.3 Å². The van der Waals surface area contributed by atoms with Gasteiger partial charge in [0.1, 0.15) is 12.4 Å². The zero-order valence-corrected chi connectivity index (χ0v) is 11.4. The number of amides is 1. The smallest absolute Gasteiger partial charge is 0.335 e. The van der Waals surface area contributed by atoms with E-state index in [1.165, 1.54) is 30.4 Å². The van der Waals surface area contributed by atoms with Crippen LogP contribution in [0, 0.1) is 0 Å². The van der Waals surface area contributed by atoms with Crippen LogP contribution in [0.2, 0.25) is 0 Å². The summed E-state index contributed by atoms with van der Waals surface area (Å²) >= 11 is 1.30. The first-order valence-corrected chi connectivity index (χ1v) is 6.60. The molecule has 0 spiro atoms. The summed E-state index contributed by atoms with van der Waals surface area (Å²) in [6, 6.07) is 6.23. The van der Waals surface area contributed by atoms with Crippen molar-refractivity contribution in [2.75, 3.05) is 5.32 Å². The molecule has 0 radical (unpaired) electrons. The topological polar surface area (TPSA) is 88.5 Å². The molecule has 0 bridgehead atoms. The van der Waals surface area contributed by atoms with Gasteiger partial charge in [-0.2, -0.15) is 0 Å². The van der Waals surface area contributed by atoms with E-state index in [0.29, 0.717) is 16.6 Å². The van der Waals surface area contributed by atoms with E-state index in [1.54, 1.807) is 17.5 Å². The molecule has 0 atom stereocenters. The fourth-order valence-corrected chi connectivity index (χ4v) is 2.20. The number of carboxylic acids is 1. The van der Waals surface area contributed by atoms with Crippen LogP contribution in [0.25, 0.3) is 0 Å². The van der Waals surface area contributed by atoms with Crippen molar-refractivity contribution < 1.29 is 19.4 Å². The van der Waals surface area contributed by atoms with Gasteiger partial charge in [-0.15, -0.1) is 11.3 Å². The number of ether oxygens (including phenoxy) is 1. The Morgan fingerprint density at radius 3 is 2.95 bits per heavy atom. The van der Waals surface area contributed by atoms with Gasteiger partial charge in [0, 0.05) is 12.3 Å². The van der Waals surface area contributed by atoms with E-state index in [9.17, 15) is 9.59 Å². The second-order valence-electron chi connectivity index (χ2n) is 3.95. The highest BCUT2D eigenvalue weighted by molar-refractivity contribution is 7.13. The third-order valence-electron chi connectivity index (χ3n) is 2.30. The maximum atomic E-state index is 10.9. The molecule has 0 unspecified atom stereocenters. The van der Waals surface area contributed by atoms with Crippen molar-refractivity contribution in [2.45, 2.75) is 13.5 Å². The van der Waals surface area contributed by atoms with Gasteiger partial charge in [0.25, 0.3) is 0 Å². The Kier molecular flexibility index (Phi) is 4.31. The molecule has 1 aromatic heterocycles. The zero-order chi connectivity index (χ0) is 14.5. The van der Waals surface area contributed by atoms with Gasteiger partial charge < -0.3 is 15.2 Å². The molecule has 104 valence electrons. The lowest BCUT2D eigenvalue weighted by Gasteiger charge is -2.04. The zero-order valence-electron chi connectivity index (χ0n) is 10.6. The number of nitrogens with zero attached hydrogens (tertiary/aromatic N) is 1. The molecule has 0 saturated carbocycles. The fourth-order valence-electron chi connectivity index (χ4n) is 1.46. The SMILES string of the molecule is CC(=O)Nc1nc(COc2cccc(C(=O)O)c2)cs1. The average Bonchev–Trinajstić information content (AvgIpc) is 2.83. The number of benzene rings is 1. The van der Waals surface area contributed by atoms with Crippen LogP contribution in [-0.4, -0.2) is 22.0 Å².